The first kappa shape index (κ1) is 21.7. The monoisotopic (exact) mass is 427 g/mol. The molecular formula is C22H25N3O4S. The normalized spacial score (nSPS) is 15.2. The number of rotatable bonds is 8. The number of nitrogens with one attached hydrogen (secondary N) is 2. The summed E-state index contributed by atoms with van der Waals surface area (Å²) >= 11 is 1.49. The molecule has 1 aliphatic rings. The lowest BCUT2D eigenvalue weighted by Crippen LogP contribution is -2.31. The van der Waals surface area contributed by atoms with Crippen LogP contribution in [-0.2, 0) is 9.53 Å². The van der Waals surface area contributed by atoms with Crippen LogP contribution in [0.2, 0.25) is 0 Å². The van der Waals surface area contributed by atoms with Crippen LogP contribution in [0.25, 0.3) is 0 Å². The third-order valence-corrected chi connectivity index (χ3v) is 5.74. The smallest absolute Gasteiger partial charge is 0.337 e. The van der Waals surface area contributed by atoms with Gasteiger partial charge in [-0.05, 0) is 31.0 Å². The SMILES string of the molecule is C=CCOC(=O)C1=C(C)Nc2nc(SCCC)[nH]c(=O)c2[C@@H]1c1ccc(OC)cc1. The molecule has 1 aliphatic heterocycles. The number of fused-ring (bicyclic) bond motifs is 1. The third kappa shape index (κ3) is 4.43. The number of thioether (sulfide) groups is 1. The first-order chi connectivity index (χ1) is 14.5. The summed E-state index contributed by atoms with van der Waals surface area (Å²) in [4.78, 5) is 33.4. The maximum atomic E-state index is 13.1. The van der Waals surface area contributed by atoms with E-state index in [2.05, 4.69) is 28.8 Å². The summed E-state index contributed by atoms with van der Waals surface area (Å²) in [5.41, 5.74) is 1.84. The van der Waals surface area contributed by atoms with Crippen molar-refractivity contribution in [2.75, 3.05) is 24.8 Å². The largest absolute Gasteiger partial charge is 0.497 e. The van der Waals surface area contributed by atoms with E-state index in [0.29, 0.717) is 33.6 Å². The summed E-state index contributed by atoms with van der Waals surface area (Å²) in [6, 6.07) is 7.27. The minimum absolute atomic E-state index is 0.0823. The Labute approximate surface area is 179 Å². The molecular weight excluding hydrogens is 402 g/mol. The van der Waals surface area contributed by atoms with Gasteiger partial charge in [0.15, 0.2) is 5.16 Å². The van der Waals surface area contributed by atoms with E-state index in [-0.39, 0.29) is 12.2 Å². The number of aromatic amines is 1. The maximum Gasteiger partial charge on any atom is 0.337 e. The average Bonchev–Trinajstić information content (AvgIpc) is 2.75. The van der Waals surface area contributed by atoms with E-state index in [1.165, 1.54) is 17.8 Å². The van der Waals surface area contributed by atoms with Crippen LogP contribution in [0.4, 0.5) is 5.82 Å². The number of ether oxygens (including phenoxy) is 2. The van der Waals surface area contributed by atoms with Gasteiger partial charge in [-0.3, -0.25) is 4.79 Å². The second-order valence-electron chi connectivity index (χ2n) is 6.74. The molecule has 7 nitrogen and oxygen atoms in total. The van der Waals surface area contributed by atoms with Gasteiger partial charge in [-0.2, -0.15) is 0 Å². The van der Waals surface area contributed by atoms with E-state index in [1.807, 2.05) is 12.1 Å². The fourth-order valence-corrected chi connectivity index (χ4v) is 4.03. The first-order valence-corrected chi connectivity index (χ1v) is 10.7. The number of nitrogens with zero attached hydrogens (tertiary/aromatic N) is 1. The molecule has 30 heavy (non-hydrogen) atoms. The molecule has 1 aromatic heterocycles. The highest BCUT2D eigenvalue weighted by Crippen LogP contribution is 2.40. The Kier molecular flexibility index (Phi) is 6.99. The number of H-pyrrole nitrogens is 1. The van der Waals surface area contributed by atoms with E-state index in [1.54, 1.807) is 26.2 Å². The van der Waals surface area contributed by atoms with Crippen LogP contribution in [0.1, 0.15) is 37.3 Å². The number of allylic oxidation sites excluding steroid dienone is 1. The minimum atomic E-state index is -0.619. The van der Waals surface area contributed by atoms with Crippen molar-refractivity contribution in [1.29, 1.82) is 0 Å². The van der Waals surface area contributed by atoms with Crippen LogP contribution in [0.5, 0.6) is 5.75 Å². The third-order valence-electron chi connectivity index (χ3n) is 4.67. The van der Waals surface area contributed by atoms with Gasteiger partial charge in [-0.25, -0.2) is 9.78 Å². The molecule has 0 radical (unpaired) electrons. The zero-order valence-corrected chi connectivity index (χ0v) is 18.1. The van der Waals surface area contributed by atoms with Crippen molar-refractivity contribution in [2.45, 2.75) is 31.3 Å². The number of anilines is 1. The Bertz CT molecular complexity index is 1030. The second kappa shape index (κ2) is 9.67. The molecule has 3 rings (SSSR count). The lowest BCUT2D eigenvalue weighted by molar-refractivity contribution is -0.138. The number of carbonyl (C=O) groups excluding carboxylic acids is 1. The van der Waals surface area contributed by atoms with Crippen molar-refractivity contribution < 1.29 is 14.3 Å². The standard InChI is InChI=1S/C22H25N3O4S/c1-5-11-29-21(27)16-13(3)23-19-18(20(26)25-22(24-19)30-12-6-2)17(16)14-7-9-15(28-4)10-8-14/h5,7-10,17H,1,6,11-12H2,2-4H3,(H2,23,24,25,26)/t17-/m1/s1. The summed E-state index contributed by atoms with van der Waals surface area (Å²) in [6.07, 6.45) is 2.47. The fraction of sp³-hybridized carbons (Fsp3) is 0.318. The summed E-state index contributed by atoms with van der Waals surface area (Å²) in [6.45, 7) is 7.52. The molecule has 8 heteroatoms. The maximum absolute atomic E-state index is 13.1. The summed E-state index contributed by atoms with van der Waals surface area (Å²) < 4.78 is 10.6. The van der Waals surface area contributed by atoms with E-state index >= 15 is 0 Å². The minimum Gasteiger partial charge on any atom is -0.497 e. The summed E-state index contributed by atoms with van der Waals surface area (Å²) in [7, 11) is 1.58. The molecule has 0 fully saturated rings. The van der Waals surface area contributed by atoms with Crippen molar-refractivity contribution in [3.05, 3.63) is 69.7 Å². The topological polar surface area (TPSA) is 93.3 Å². The van der Waals surface area contributed by atoms with Gasteiger partial charge >= 0.3 is 5.97 Å². The Balaban J connectivity index is 2.15. The zero-order valence-electron chi connectivity index (χ0n) is 17.3. The molecule has 0 aliphatic carbocycles. The second-order valence-corrected chi connectivity index (χ2v) is 7.82. The van der Waals surface area contributed by atoms with Gasteiger partial charge in [0.05, 0.1) is 24.2 Å². The van der Waals surface area contributed by atoms with Gasteiger partial charge in [-0.15, -0.1) is 0 Å². The van der Waals surface area contributed by atoms with Crippen molar-refractivity contribution in [3.63, 3.8) is 0 Å². The quantitative estimate of drug-likeness (QED) is 0.286. The van der Waals surface area contributed by atoms with Crippen molar-refractivity contribution in [1.82, 2.24) is 9.97 Å². The molecule has 2 N–H and O–H groups in total. The molecule has 0 amide bonds. The Hall–Kier alpha value is -3.00. The number of carbonyl (C=O) groups is 1. The molecule has 1 aromatic carbocycles. The Morgan fingerprint density at radius 2 is 2.07 bits per heavy atom. The van der Waals surface area contributed by atoms with Crippen molar-refractivity contribution in [3.8, 4) is 5.75 Å². The number of aromatic nitrogens is 2. The van der Waals surface area contributed by atoms with Gasteiger partial charge in [0.2, 0.25) is 0 Å². The van der Waals surface area contributed by atoms with Crippen LogP contribution in [0.3, 0.4) is 0 Å². The Morgan fingerprint density at radius 3 is 2.70 bits per heavy atom. The van der Waals surface area contributed by atoms with Crippen LogP contribution in [-0.4, -0.2) is 35.4 Å². The first-order valence-electron chi connectivity index (χ1n) is 9.66. The van der Waals surface area contributed by atoms with Gasteiger partial charge in [0.1, 0.15) is 18.2 Å². The van der Waals surface area contributed by atoms with Crippen molar-refractivity contribution in [2.24, 2.45) is 0 Å². The van der Waals surface area contributed by atoms with Crippen molar-refractivity contribution >= 4 is 23.5 Å². The molecule has 0 unspecified atom stereocenters. The lowest BCUT2D eigenvalue weighted by atomic mass is 9.82. The van der Waals surface area contributed by atoms with Crippen LogP contribution < -0.4 is 15.6 Å². The number of hydrogen-bond donors (Lipinski definition) is 2. The van der Waals surface area contributed by atoms with Gasteiger partial charge in [0, 0.05) is 11.4 Å². The molecule has 1 atom stereocenters. The summed E-state index contributed by atoms with van der Waals surface area (Å²) in [5, 5.41) is 3.68. The molecule has 158 valence electrons. The van der Waals surface area contributed by atoms with Gasteiger partial charge in [0.25, 0.3) is 5.56 Å². The number of benzene rings is 1. The zero-order chi connectivity index (χ0) is 21.7. The van der Waals surface area contributed by atoms with Gasteiger partial charge in [-0.1, -0.05) is 43.5 Å². The molecule has 0 spiro atoms. The average molecular weight is 428 g/mol. The number of methoxy groups -OCH3 is 1. The molecule has 2 heterocycles. The molecule has 0 bridgehead atoms. The number of esters is 1. The van der Waals surface area contributed by atoms with E-state index < -0.39 is 11.9 Å². The predicted octanol–water partition coefficient (Wildman–Crippen LogP) is 3.84. The van der Waals surface area contributed by atoms with E-state index in [0.717, 1.165) is 17.7 Å². The molecule has 0 saturated heterocycles. The van der Waals surface area contributed by atoms with Crippen LogP contribution in [0.15, 0.2) is 58.1 Å². The highest BCUT2D eigenvalue weighted by Gasteiger charge is 2.36. The highest BCUT2D eigenvalue weighted by molar-refractivity contribution is 7.99. The van der Waals surface area contributed by atoms with Gasteiger partial charge < -0.3 is 19.8 Å². The fourth-order valence-electron chi connectivity index (χ4n) is 3.31. The van der Waals surface area contributed by atoms with E-state index in [4.69, 9.17) is 9.47 Å². The lowest BCUT2D eigenvalue weighted by Gasteiger charge is -2.28. The molecule has 0 saturated carbocycles. The number of hydrogen-bond acceptors (Lipinski definition) is 7. The van der Waals surface area contributed by atoms with Crippen LogP contribution in [0, 0.1) is 0 Å². The Morgan fingerprint density at radius 1 is 1.33 bits per heavy atom. The highest BCUT2D eigenvalue weighted by atomic mass is 32.2. The molecule has 2 aromatic rings. The van der Waals surface area contributed by atoms with Crippen LogP contribution >= 0.6 is 11.8 Å². The predicted molar refractivity (Wildman–Crippen MR) is 118 cm³/mol. The summed E-state index contributed by atoms with van der Waals surface area (Å²) in [5.74, 6) is 0.859. The van der Waals surface area contributed by atoms with E-state index in [9.17, 15) is 9.59 Å².